The molecule has 1 saturated carbocycles. The highest BCUT2D eigenvalue weighted by molar-refractivity contribution is 4.78. The summed E-state index contributed by atoms with van der Waals surface area (Å²) in [7, 11) is 0. The molecular formula is C19H37N. The van der Waals surface area contributed by atoms with Crippen molar-refractivity contribution in [3.05, 3.63) is 0 Å². The van der Waals surface area contributed by atoms with E-state index in [1.54, 1.807) is 0 Å². The molecule has 0 N–H and O–H groups in total. The van der Waals surface area contributed by atoms with E-state index in [9.17, 15) is 0 Å². The Hall–Kier alpha value is -0.0400. The van der Waals surface area contributed by atoms with E-state index in [0.29, 0.717) is 0 Å². The molecule has 1 aliphatic heterocycles. The monoisotopic (exact) mass is 279 g/mol. The van der Waals surface area contributed by atoms with Gasteiger partial charge >= 0.3 is 0 Å². The van der Waals surface area contributed by atoms with E-state index in [1.807, 2.05) is 0 Å². The molecule has 0 aromatic rings. The first-order chi connectivity index (χ1) is 9.56. The van der Waals surface area contributed by atoms with Crippen molar-refractivity contribution in [3.63, 3.8) is 0 Å². The summed E-state index contributed by atoms with van der Waals surface area (Å²) < 4.78 is 0. The highest BCUT2D eigenvalue weighted by Crippen LogP contribution is 2.35. The van der Waals surface area contributed by atoms with Gasteiger partial charge in [0.25, 0.3) is 0 Å². The van der Waals surface area contributed by atoms with Gasteiger partial charge in [0.15, 0.2) is 0 Å². The van der Waals surface area contributed by atoms with Gasteiger partial charge in [-0.2, -0.15) is 0 Å². The first-order valence-corrected chi connectivity index (χ1v) is 9.28. The minimum atomic E-state index is 0.892. The van der Waals surface area contributed by atoms with Gasteiger partial charge in [0, 0.05) is 0 Å². The molecule has 2 fully saturated rings. The maximum atomic E-state index is 2.74. The van der Waals surface area contributed by atoms with E-state index in [-0.39, 0.29) is 0 Å². The van der Waals surface area contributed by atoms with E-state index in [0.717, 1.165) is 29.6 Å². The summed E-state index contributed by atoms with van der Waals surface area (Å²) in [5.74, 6) is 4.85. The predicted molar refractivity (Wildman–Crippen MR) is 88.9 cm³/mol. The van der Waals surface area contributed by atoms with Crippen LogP contribution in [-0.4, -0.2) is 24.5 Å². The second kappa shape index (κ2) is 7.82. The molecule has 0 atom stereocenters. The van der Waals surface area contributed by atoms with Gasteiger partial charge in [0.2, 0.25) is 0 Å². The molecule has 1 heterocycles. The third-order valence-corrected chi connectivity index (χ3v) is 6.26. The molecule has 1 aliphatic carbocycles. The lowest BCUT2D eigenvalue weighted by Gasteiger charge is -2.36. The van der Waals surface area contributed by atoms with E-state index in [2.05, 4.69) is 32.6 Å². The minimum absolute atomic E-state index is 0.892. The zero-order valence-electron chi connectivity index (χ0n) is 14.4. The molecule has 1 heteroatoms. The molecule has 2 aliphatic rings. The summed E-state index contributed by atoms with van der Waals surface area (Å²) in [5, 5.41) is 0. The van der Waals surface area contributed by atoms with E-state index >= 15 is 0 Å². The standard InChI is InChI=1S/C19H37N/c1-15(2)18-7-5-17(6-8-18)9-12-20-13-10-19(11-14-20)16(3)4/h15-19H,5-14H2,1-4H3. The molecule has 1 saturated heterocycles. The molecule has 20 heavy (non-hydrogen) atoms. The summed E-state index contributed by atoms with van der Waals surface area (Å²) in [6.07, 6.45) is 10.4. The predicted octanol–water partition coefficient (Wildman–Crippen LogP) is 5.21. The maximum absolute atomic E-state index is 2.74. The zero-order valence-corrected chi connectivity index (χ0v) is 14.4. The Labute approximate surface area is 127 Å². The normalized spacial score (nSPS) is 30.3. The van der Waals surface area contributed by atoms with E-state index in [4.69, 9.17) is 0 Å². The molecule has 0 amide bonds. The lowest BCUT2D eigenvalue weighted by atomic mass is 9.76. The van der Waals surface area contributed by atoms with Crippen LogP contribution in [-0.2, 0) is 0 Å². The van der Waals surface area contributed by atoms with Crippen LogP contribution in [0.3, 0.4) is 0 Å². The molecular weight excluding hydrogens is 242 g/mol. The van der Waals surface area contributed by atoms with Gasteiger partial charge < -0.3 is 4.90 Å². The van der Waals surface area contributed by atoms with Crippen LogP contribution in [0, 0.1) is 29.6 Å². The average molecular weight is 280 g/mol. The molecule has 2 rings (SSSR count). The molecule has 0 spiro atoms. The van der Waals surface area contributed by atoms with Gasteiger partial charge in [0.1, 0.15) is 0 Å². The highest BCUT2D eigenvalue weighted by atomic mass is 15.1. The maximum Gasteiger partial charge on any atom is -0.00160 e. The van der Waals surface area contributed by atoms with Gasteiger partial charge in [0.05, 0.1) is 0 Å². The number of hydrogen-bond donors (Lipinski definition) is 0. The van der Waals surface area contributed by atoms with Crippen LogP contribution >= 0.6 is 0 Å². The summed E-state index contributed by atoms with van der Waals surface area (Å²) in [6.45, 7) is 13.7. The lowest BCUT2D eigenvalue weighted by molar-refractivity contribution is 0.138. The summed E-state index contributed by atoms with van der Waals surface area (Å²) >= 11 is 0. The molecule has 0 bridgehead atoms. The molecule has 1 nitrogen and oxygen atoms in total. The largest absolute Gasteiger partial charge is 0.303 e. The average Bonchev–Trinajstić information content (AvgIpc) is 2.46. The summed E-state index contributed by atoms with van der Waals surface area (Å²) in [4.78, 5) is 2.74. The topological polar surface area (TPSA) is 3.24 Å². The Morgan fingerprint density at radius 2 is 1.25 bits per heavy atom. The van der Waals surface area contributed by atoms with Crippen LogP contribution in [0.15, 0.2) is 0 Å². The van der Waals surface area contributed by atoms with Crippen molar-refractivity contribution in [2.24, 2.45) is 29.6 Å². The van der Waals surface area contributed by atoms with E-state index < -0.39 is 0 Å². The van der Waals surface area contributed by atoms with Gasteiger partial charge in [-0.3, -0.25) is 0 Å². The van der Waals surface area contributed by atoms with Crippen LogP contribution in [0.1, 0.15) is 72.6 Å². The van der Waals surface area contributed by atoms with Crippen LogP contribution in [0.5, 0.6) is 0 Å². The molecule has 0 radical (unpaired) electrons. The minimum Gasteiger partial charge on any atom is -0.303 e. The molecule has 0 aromatic heterocycles. The quantitative estimate of drug-likeness (QED) is 0.668. The van der Waals surface area contributed by atoms with E-state index in [1.165, 1.54) is 64.6 Å². The molecule has 0 unspecified atom stereocenters. The van der Waals surface area contributed by atoms with Crippen LogP contribution in [0.2, 0.25) is 0 Å². The molecule has 0 aromatic carbocycles. The molecule has 118 valence electrons. The Bertz CT molecular complexity index is 227. The summed E-state index contributed by atoms with van der Waals surface area (Å²) in [5.41, 5.74) is 0. The Balaban J connectivity index is 1.60. The first-order valence-electron chi connectivity index (χ1n) is 9.28. The fraction of sp³-hybridized carbons (Fsp3) is 1.00. The number of nitrogens with zero attached hydrogens (tertiary/aromatic N) is 1. The number of rotatable bonds is 5. The third kappa shape index (κ3) is 4.76. The highest BCUT2D eigenvalue weighted by Gasteiger charge is 2.25. The van der Waals surface area contributed by atoms with Gasteiger partial charge in [-0.15, -0.1) is 0 Å². The smallest absolute Gasteiger partial charge is 0.00160 e. The van der Waals surface area contributed by atoms with Crippen LogP contribution in [0.4, 0.5) is 0 Å². The Kier molecular flexibility index (Phi) is 6.39. The van der Waals surface area contributed by atoms with Crippen LogP contribution < -0.4 is 0 Å². The van der Waals surface area contributed by atoms with Crippen molar-refractivity contribution in [3.8, 4) is 0 Å². The first kappa shape index (κ1) is 16.3. The number of piperidine rings is 1. The van der Waals surface area contributed by atoms with Crippen LogP contribution in [0.25, 0.3) is 0 Å². The number of hydrogen-bond acceptors (Lipinski definition) is 1. The van der Waals surface area contributed by atoms with Gasteiger partial charge in [-0.25, -0.2) is 0 Å². The second-order valence-electron chi connectivity index (χ2n) is 8.24. The van der Waals surface area contributed by atoms with Crippen molar-refractivity contribution in [1.82, 2.24) is 4.90 Å². The third-order valence-electron chi connectivity index (χ3n) is 6.26. The van der Waals surface area contributed by atoms with Crippen molar-refractivity contribution in [2.75, 3.05) is 19.6 Å². The fourth-order valence-corrected chi connectivity index (χ4v) is 4.35. The van der Waals surface area contributed by atoms with Gasteiger partial charge in [-0.05, 0) is 81.3 Å². The Morgan fingerprint density at radius 3 is 1.75 bits per heavy atom. The van der Waals surface area contributed by atoms with Crippen molar-refractivity contribution >= 4 is 0 Å². The van der Waals surface area contributed by atoms with Crippen molar-refractivity contribution in [2.45, 2.75) is 72.6 Å². The van der Waals surface area contributed by atoms with Crippen molar-refractivity contribution < 1.29 is 0 Å². The lowest BCUT2D eigenvalue weighted by Crippen LogP contribution is -2.36. The second-order valence-corrected chi connectivity index (χ2v) is 8.24. The number of likely N-dealkylation sites (tertiary alicyclic amines) is 1. The SMILES string of the molecule is CC(C)C1CCC(CCN2CCC(C(C)C)CC2)CC1. The fourth-order valence-electron chi connectivity index (χ4n) is 4.35. The Morgan fingerprint density at radius 1 is 0.750 bits per heavy atom. The van der Waals surface area contributed by atoms with Gasteiger partial charge in [-0.1, -0.05) is 40.5 Å². The zero-order chi connectivity index (χ0) is 14.5. The summed E-state index contributed by atoms with van der Waals surface area (Å²) in [6, 6.07) is 0. The van der Waals surface area contributed by atoms with Crippen molar-refractivity contribution in [1.29, 1.82) is 0 Å².